The minimum absolute atomic E-state index is 0.0444. The topological polar surface area (TPSA) is 148 Å². The highest BCUT2D eigenvalue weighted by molar-refractivity contribution is 5.80. The molecule has 0 saturated heterocycles. The van der Waals surface area contributed by atoms with Crippen LogP contribution in [0.5, 0.6) is 17.2 Å². The van der Waals surface area contributed by atoms with Crippen LogP contribution in [0.3, 0.4) is 0 Å². The third kappa shape index (κ3) is 11.1. The van der Waals surface area contributed by atoms with Crippen molar-refractivity contribution in [1.82, 2.24) is 10.6 Å². The lowest BCUT2D eigenvalue weighted by atomic mass is 9.80. The maximum absolute atomic E-state index is 14.2. The van der Waals surface area contributed by atoms with Gasteiger partial charge in [-0.1, -0.05) is 103 Å². The van der Waals surface area contributed by atoms with Crippen LogP contribution in [0.4, 0.5) is 22.4 Å². The van der Waals surface area contributed by atoms with E-state index in [1.807, 2.05) is 103 Å². The average molecular weight is 935 g/mol. The second-order valence-electron chi connectivity index (χ2n) is 15.5. The molecule has 68 heavy (non-hydrogen) atoms. The number of fused-ring (bicyclic) bond motifs is 3. The predicted octanol–water partition coefficient (Wildman–Crippen LogP) is 8.91. The maximum atomic E-state index is 14.2. The lowest BCUT2D eigenvalue weighted by Crippen LogP contribution is -2.42. The monoisotopic (exact) mass is 934 g/mol. The number of carbonyl (C=O) groups is 4. The standard InChI is InChI=1S/C52H46F4N2O10/c1-63-35-20-16-33(17-21-35)52(32-10-4-3-5-11-32,34-18-22-36(64-2)23-19-34)66-30-37(67-46(60)24-25-47(61)68-50-48(55)43(53)28-44(54)49(50)56)29-58-45(59)26-27-57-51(62)65-31-42-40-14-8-6-12-38(40)39-13-7-9-15-41(39)42/h3-23,28,37,42H,24-27,29-31H2,1-2H3,(H,57,62)(H,58,59). The zero-order chi connectivity index (χ0) is 48.2. The van der Waals surface area contributed by atoms with Gasteiger partial charge >= 0.3 is 18.0 Å². The molecule has 16 heteroatoms. The SMILES string of the molecule is COc1ccc(C(OCC(CNC(=O)CCNC(=O)OCC2c3ccccc3-c3ccccc32)OC(=O)CCC(=O)Oc2c(F)c(F)cc(F)c2F)(c2ccccc2)c2ccc(OC)cc2)cc1. The molecule has 2 amide bonds. The highest BCUT2D eigenvalue weighted by atomic mass is 19.2. The van der Waals surface area contributed by atoms with Gasteiger partial charge in [-0.2, -0.15) is 8.78 Å². The summed E-state index contributed by atoms with van der Waals surface area (Å²) in [5.41, 5.74) is 4.79. The Bertz CT molecular complexity index is 2620. The summed E-state index contributed by atoms with van der Waals surface area (Å²) in [6.07, 6.45) is -3.69. The lowest BCUT2D eigenvalue weighted by molar-refractivity contribution is -0.156. The normalized spacial score (nSPS) is 12.3. The summed E-state index contributed by atoms with van der Waals surface area (Å²) >= 11 is 0. The molecule has 2 N–H and O–H groups in total. The Morgan fingerprint density at radius 1 is 0.618 bits per heavy atom. The number of methoxy groups -OCH3 is 2. The summed E-state index contributed by atoms with van der Waals surface area (Å²) < 4.78 is 89.5. The van der Waals surface area contributed by atoms with Gasteiger partial charge in [-0.05, 0) is 63.2 Å². The highest BCUT2D eigenvalue weighted by Crippen LogP contribution is 2.45. The number of esters is 2. The highest BCUT2D eigenvalue weighted by Gasteiger charge is 2.39. The molecule has 352 valence electrons. The van der Waals surface area contributed by atoms with Crippen LogP contribution in [0, 0.1) is 23.3 Å². The minimum Gasteiger partial charge on any atom is -0.497 e. The molecule has 0 aromatic heterocycles. The van der Waals surface area contributed by atoms with Crippen molar-refractivity contribution in [2.45, 2.75) is 36.9 Å². The molecule has 1 unspecified atom stereocenters. The summed E-state index contributed by atoms with van der Waals surface area (Å²) in [6, 6.07) is 39.2. The molecule has 0 spiro atoms. The summed E-state index contributed by atoms with van der Waals surface area (Å²) in [4.78, 5) is 52.0. The molecule has 12 nitrogen and oxygen atoms in total. The van der Waals surface area contributed by atoms with Gasteiger partial charge in [-0.3, -0.25) is 14.4 Å². The summed E-state index contributed by atoms with van der Waals surface area (Å²) in [6.45, 7) is -0.727. The van der Waals surface area contributed by atoms with Gasteiger partial charge in [0.1, 0.15) is 29.8 Å². The average Bonchev–Trinajstić information content (AvgIpc) is 3.69. The van der Waals surface area contributed by atoms with Crippen molar-refractivity contribution in [2.24, 2.45) is 0 Å². The first-order chi connectivity index (χ1) is 32.9. The first kappa shape index (κ1) is 48.2. The number of amides is 2. The van der Waals surface area contributed by atoms with Crippen molar-refractivity contribution in [3.8, 4) is 28.4 Å². The van der Waals surface area contributed by atoms with E-state index in [1.54, 1.807) is 24.3 Å². The van der Waals surface area contributed by atoms with Gasteiger partial charge in [-0.25, -0.2) is 13.6 Å². The molecular formula is C52H46F4N2O10. The Morgan fingerprint density at radius 3 is 1.69 bits per heavy atom. The smallest absolute Gasteiger partial charge is 0.407 e. The number of benzene rings is 6. The lowest BCUT2D eigenvalue weighted by Gasteiger charge is -2.37. The van der Waals surface area contributed by atoms with Gasteiger partial charge in [0, 0.05) is 24.9 Å². The van der Waals surface area contributed by atoms with Gasteiger partial charge in [0.2, 0.25) is 23.3 Å². The van der Waals surface area contributed by atoms with Crippen LogP contribution >= 0.6 is 0 Å². The number of halogens is 4. The Morgan fingerprint density at radius 2 is 1.13 bits per heavy atom. The molecule has 0 bridgehead atoms. The van der Waals surface area contributed by atoms with Crippen LogP contribution in [0.15, 0.2) is 133 Å². The molecule has 6 aromatic carbocycles. The quantitative estimate of drug-likeness (QED) is 0.0250. The predicted molar refractivity (Wildman–Crippen MR) is 240 cm³/mol. The zero-order valence-electron chi connectivity index (χ0n) is 36.9. The number of rotatable bonds is 20. The van der Waals surface area contributed by atoms with E-state index in [4.69, 9.17) is 23.7 Å². The van der Waals surface area contributed by atoms with Crippen molar-refractivity contribution >= 4 is 23.9 Å². The van der Waals surface area contributed by atoms with Crippen molar-refractivity contribution in [2.75, 3.05) is 40.5 Å². The van der Waals surface area contributed by atoms with E-state index in [0.29, 0.717) is 28.2 Å². The van der Waals surface area contributed by atoms with Gasteiger partial charge in [0.25, 0.3) is 0 Å². The van der Waals surface area contributed by atoms with Gasteiger partial charge in [0.05, 0.1) is 40.2 Å². The molecule has 0 heterocycles. The minimum atomic E-state index is -1.93. The molecule has 1 aliphatic carbocycles. The third-order valence-corrected chi connectivity index (χ3v) is 11.3. The number of hydrogen-bond acceptors (Lipinski definition) is 10. The molecule has 1 aliphatic rings. The molecule has 0 fully saturated rings. The van der Waals surface area contributed by atoms with E-state index in [-0.39, 0.29) is 44.7 Å². The van der Waals surface area contributed by atoms with Gasteiger partial charge in [-0.15, -0.1) is 0 Å². The van der Waals surface area contributed by atoms with Crippen LogP contribution in [-0.2, 0) is 34.2 Å². The fourth-order valence-electron chi connectivity index (χ4n) is 7.93. The number of nitrogens with one attached hydrogen (secondary N) is 2. The van der Waals surface area contributed by atoms with Crippen LogP contribution < -0.4 is 24.8 Å². The third-order valence-electron chi connectivity index (χ3n) is 11.3. The molecule has 0 saturated carbocycles. The van der Waals surface area contributed by atoms with Gasteiger partial charge in [0.15, 0.2) is 11.6 Å². The van der Waals surface area contributed by atoms with Crippen LogP contribution in [0.1, 0.15) is 53.0 Å². The van der Waals surface area contributed by atoms with Gasteiger partial charge < -0.3 is 39.1 Å². The van der Waals surface area contributed by atoms with Crippen LogP contribution in [0.25, 0.3) is 11.1 Å². The van der Waals surface area contributed by atoms with Crippen molar-refractivity contribution in [3.05, 3.63) is 185 Å². The number of carbonyl (C=O) groups excluding carboxylic acids is 4. The van der Waals surface area contributed by atoms with Crippen molar-refractivity contribution < 1.29 is 65.2 Å². The van der Waals surface area contributed by atoms with E-state index < -0.39 is 77.5 Å². The first-order valence-corrected chi connectivity index (χ1v) is 21.5. The second-order valence-corrected chi connectivity index (χ2v) is 15.5. The number of ether oxygens (including phenoxy) is 6. The fraction of sp³-hybridized carbons (Fsp3) is 0.231. The Balaban J connectivity index is 1.05. The second kappa shape index (κ2) is 22.2. The molecule has 6 aromatic rings. The summed E-state index contributed by atoms with van der Waals surface area (Å²) in [5, 5.41) is 5.30. The Labute approximate surface area is 389 Å². The van der Waals surface area contributed by atoms with Crippen LogP contribution in [-0.4, -0.2) is 70.6 Å². The fourth-order valence-corrected chi connectivity index (χ4v) is 7.93. The van der Waals surface area contributed by atoms with Crippen molar-refractivity contribution in [1.29, 1.82) is 0 Å². The van der Waals surface area contributed by atoms with Crippen molar-refractivity contribution in [3.63, 3.8) is 0 Å². The molecule has 7 rings (SSSR count). The maximum Gasteiger partial charge on any atom is 0.407 e. The molecule has 1 atom stereocenters. The Hall–Kier alpha value is -7.72. The summed E-state index contributed by atoms with van der Waals surface area (Å²) in [5.74, 6) is -11.0. The summed E-state index contributed by atoms with van der Waals surface area (Å²) in [7, 11) is 3.06. The van der Waals surface area contributed by atoms with E-state index in [0.717, 1.165) is 22.3 Å². The molecular weight excluding hydrogens is 889 g/mol. The van der Waals surface area contributed by atoms with E-state index in [1.165, 1.54) is 14.2 Å². The zero-order valence-corrected chi connectivity index (χ0v) is 36.9. The Kier molecular flexibility index (Phi) is 15.7. The molecule has 0 aliphatic heterocycles. The van der Waals surface area contributed by atoms with E-state index >= 15 is 0 Å². The van der Waals surface area contributed by atoms with E-state index in [2.05, 4.69) is 15.4 Å². The largest absolute Gasteiger partial charge is 0.497 e. The molecule has 0 radical (unpaired) electrons. The number of alkyl carbamates (subject to hydrolysis) is 1. The first-order valence-electron chi connectivity index (χ1n) is 21.5. The van der Waals surface area contributed by atoms with Crippen LogP contribution in [0.2, 0.25) is 0 Å². The van der Waals surface area contributed by atoms with E-state index in [9.17, 15) is 36.7 Å². The number of hydrogen-bond donors (Lipinski definition) is 2.